The molecule has 2 rings (SSSR count). The van der Waals surface area contributed by atoms with E-state index in [1.807, 2.05) is 9.71 Å². The summed E-state index contributed by atoms with van der Waals surface area (Å²) in [6, 6.07) is 0.968. The summed E-state index contributed by atoms with van der Waals surface area (Å²) in [5.74, 6) is 0. The first-order valence-corrected chi connectivity index (χ1v) is 8.80. The summed E-state index contributed by atoms with van der Waals surface area (Å²) in [4.78, 5) is 37.1. The van der Waals surface area contributed by atoms with E-state index in [9.17, 15) is 27.2 Å². The van der Waals surface area contributed by atoms with Gasteiger partial charge in [0.05, 0.1) is 6.10 Å². The number of carbonyl (C=O) groups is 1. The van der Waals surface area contributed by atoms with Gasteiger partial charge in [0.2, 0.25) is 0 Å². The molecule has 0 amide bonds. The molecule has 25 heavy (non-hydrogen) atoms. The predicted molar refractivity (Wildman–Crippen MR) is 83.1 cm³/mol. The van der Waals surface area contributed by atoms with Crippen LogP contribution < -0.4 is 16.0 Å². The molecule has 0 saturated carbocycles. The zero-order valence-electron chi connectivity index (χ0n) is 13.6. The van der Waals surface area contributed by atoms with Gasteiger partial charge in [-0.05, 0) is 20.9 Å². The number of hydrogen-bond donors (Lipinski definition) is 2. The minimum absolute atomic E-state index is 0.537. The van der Waals surface area contributed by atoms with Crippen molar-refractivity contribution >= 4 is 15.1 Å². The summed E-state index contributed by atoms with van der Waals surface area (Å²) in [5, 5.41) is -1.41. The van der Waals surface area contributed by atoms with Crippen molar-refractivity contribution in [2.45, 2.75) is 44.6 Å². The average Bonchev–Trinajstić information content (AvgIpc) is 2.83. The third kappa shape index (κ3) is 3.86. The van der Waals surface area contributed by atoms with Gasteiger partial charge in [0.15, 0.2) is 18.5 Å². The number of aromatic amines is 1. The van der Waals surface area contributed by atoms with Gasteiger partial charge >= 0.3 is 5.69 Å². The Bertz CT molecular complexity index is 863. The normalized spacial score (nSPS) is 26.9. The fourth-order valence-corrected chi connectivity index (χ4v) is 3.08. The quantitative estimate of drug-likeness (QED) is 0.645. The van der Waals surface area contributed by atoms with E-state index in [0.717, 1.165) is 23.9 Å². The number of nitrogens with zero attached hydrogens (tertiary/aromatic N) is 1. The predicted octanol–water partition coefficient (Wildman–Crippen LogP) is -1.36. The molecule has 0 bridgehead atoms. The maximum Gasteiger partial charge on any atom is 0.330 e. The lowest BCUT2D eigenvalue weighted by Crippen LogP contribution is -2.44. The molecular formula is C13H18FN3O7S. The van der Waals surface area contributed by atoms with Crippen LogP contribution in [0, 0.1) is 0 Å². The number of halogens is 1. The van der Waals surface area contributed by atoms with E-state index in [2.05, 4.69) is 0 Å². The molecule has 0 radical (unpaired) electrons. The molecule has 0 spiro atoms. The molecule has 12 heteroatoms. The topological polar surface area (TPSA) is 137 Å². The first-order chi connectivity index (χ1) is 11.6. The number of nitrogens with one attached hydrogen (secondary N) is 2. The number of H-pyrrole nitrogens is 1. The maximum absolute atomic E-state index is 14.8. The van der Waals surface area contributed by atoms with Gasteiger partial charge in [-0.2, -0.15) is 0 Å². The number of rotatable bonds is 5. The van der Waals surface area contributed by atoms with Gasteiger partial charge in [-0.15, -0.1) is 0 Å². The molecule has 0 unspecified atom stereocenters. The van der Waals surface area contributed by atoms with Crippen LogP contribution in [0.2, 0.25) is 0 Å². The summed E-state index contributed by atoms with van der Waals surface area (Å²) in [6.07, 6.45) is -6.52. The molecular weight excluding hydrogens is 361 g/mol. The van der Waals surface area contributed by atoms with Gasteiger partial charge in [-0.3, -0.25) is 19.1 Å². The third-order valence-electron chi connectivity index (χ3n) is 3.49. The van der Waals surface area contributed by atoms with Crippen molar-refractivity contribution in [1.82, 2.24) is 14.3 Å². The molecule has 0 aromatic carbocycles. The average molecular weight is 379 g/mol. The Morgan fingerprint density at radius 2 is 2.08 bits per heavy atom. The van der Waals surface area contributed by atoms with E-state index < -0.39 is 57.1 Å². The van der Waals surface area contributed by atoms with Gasteiger partial charge in [0.25, 0.3) is 20.7 Å². The Morgan fingerprint density at radius 3 is 2.60 bits per heavy atom. The van der Waals surface area contributed by atoms with Crippen molar-refractivity contribution in [2.24, 2.45) is 0 Å². The highest BCUT2D eigenvalue weighted by atomic mass is 32.2. The molecule has 1 aliphatic rings. The van der Waals surface area contributed by atoms with Crippen LogP contribution in [0.4, 0.5) is 4.39 Å². The highest BCUT2D eigenvalue weighted by Crippen LogP contribution is 2.34. The summed E-state index contributed by atoms with van der Waals surface area (Å²) in [6.45, 7) is 3.14. The Hall–Kier alpha value is -1.89. The number of alkyl halides is 1. The molecule has 0 aliphatic carbocycles. The summed E-state index contributed by atoms with van der Waals surface area (Å²) in [7, 11) is -3.38. The van der Waals surface area contributed by atoms with Crippen LogP contribution in [0.1, 0.15) is 20.1 Å². The Morgan fingerprint density at radius 1 is 1.44 bits per heavy atom. The van der Waals surface area contributed by atoms with Gasteiger partial charge in [0, 0.05) is 12.3 Å². The molecule has 1 aliphatic heterocycles. The molecule has 1 aromatic rings. The molecule has 2 N–H and O–H groups in total. The zero-order valence-corrected chi connectivity index (χ0v) is 14.4. The molecule has 1 fully saturated rings. The standard InChI is InChI=1S/C13H18FN3O7S/c1-6(2)23-9-8(14)11(17-5-4-7(18)16-13(17)20)24-10(9)12(19)25(21,22)15-3/h4-6,8-11,15H,1-3H3,(H,16,18,20)/t8-,9+,10+,11-/m1/s1. The van der Waals surface area contributed by atoms with E-state index in [1.165, 1.54) is 0 Å². The molecule has 140 valence electrons. The second-order valence-electron chi connectivity index (χ2n) is 5.59. The molecule has 4 atom stereocenters. The van der Waals surface area contributed by atoms with Crippen LogP contribution in [-0.2, 0) is 24.3 Å². The Kier molecular flexibility index (Phi) is 5.56. The van der Waals surface area contributed by atoms with Gasteiger partial charge in [-0.1, -0.05) is 0 Å². The first-order valence-electron chi connectivity index (χ1n) is 7.32. The smallest absolute Gasteiger partial charge is 0.330 e. The largest absolute Gasteiger partial charge is 0.369 e. The van der Waals surface area contributed by atoms with Crippen molar-refractivity contribution in [2.75, 3.05) is 7.05 Å². The minimum Gasteiger partial charge on any atom is -0.369 e. The van der Waals surface area contributed by atoms with Crippen LogP contribution in [0.3, 0.4) is 0 Å². The lowest BCUT2D eigenvalue weighted by Gasteiger charge is -2.21. The molecule has 10 nitrogen and oxygen atoms in total. The lowest BCUT2D eigenvalue weighted by atomic mass is 10.1. The number of sulfonamides is 1. The number of aromatic nitrogens is 2. The van der Waals surface area contributed by atoms with Gasteiger partial charge in [0.1, 0.15) is 6.10 Å². The van der Waals surface area contributed by atoms with Crippen LogP contribution in [0.15, 0.2) is 21.9 Å². The highest BCUT2D eigenvalue weighted by Gasteiger charge is 2.53. The van der Waals surface area contributed by atoms with E-state index in [1.54, 1.807) is 13.8 Å². The monoisotopic (exact) mass is 379 g/mol. The second kappa shape index (κ2) is 7.15. The van der Waals surface area contributed by atoms with Crippen molar-refractivity contribution in [1.29, 1.82) is 0 Å². The van der Waals surface area contributed by atoms with Crippen molar-refractivity contribution < 1.29 is 27.1 Å². The number of ether oxygens (including phenoxy) is 2. The Labute approximate surface area is 142 Å². The summed E-state index contributed by atoms with van der Waals surface area (Å²) >= 11 is 0. The fraction of sp³-hybridized carbons (Fsp3) is 0.615. The molecule has 1 aromatic heterocycles. The number of hydrogen-bond acceptors (Lipinski definition) is 7. The second-order valence-corrected chi connectivity index (χ2v) is 7.40. The maximum atomic E-state index is 14.8. The molecule has 2 heterocycles. The van der Waals surface area contributed by atoms with E-state index in [-0.39, 0.29) is 0 Å². The van der Waals surface area contributed by atoms with Crippen molar-refractivity contribution in [3.05, 3.63) is 33.1 Å². The van der Waals surface area contributed by atoms with Crippen LogP contribution in [-0.4, -0.2) is 54.6 Å². The first kappa shape index (κ1) is 19.4. The fourth-order valence-electron chi connectivity index (χ4n) is 2.38. The van der Waals surface area contributed by atoms with E-state index in [4.69, 9.17) is 9.47 Å². The summed E-state index contributed by atoms with van der Waals surface area (Å²) < 4.78 is 51.4. The van der Waals surface area contributed by atoms with Gasteiger partial charge in [-0.25, -0.2) is 22.3 Å². The van der Waals surface area contributed by atoms with Crippen molar-refractivity contribution in [3.63, 3.8) is 0 Å². The lowest BCUT2D eigenvalue weighted by molar-refractivity contribution is -0.131. The van der Waals surface area contributed by atoms with Crippen LogP contribution >= 0.6 is 0 Å². The summed E-state index contributed by atoms with van der Waals surface area (Å²) in [5.41, 5.74) is -1.66. The Balaban J connectivity index is 2.44. The SMILES string of the molecule is CNS(=O)(=O)C(=O)[C@H]1O[C@@H](n2ccc(=O)[nH]c2=O)[C@H](F)[C@@H]1OC(C)C. The van der Waals surface area contributed by atoms with Crippen LogP contribution in [0.25, 0.3) is 0 Å². The van der Waals surface area contributed by atoms with Crippen molar-refractivity contribution in [3.8, 4) is 0 Å². The van der Waals surface area contributed by atoms with E-state index in [0.29, 0.717) is 0 Å². The molecule has 1 saturated heterocycles. The minimum atomic E-state index is -4.40. The van der Waals surface area contributed by atoms with Gasteiger partial charge < -0.3 is 9.47 Å². The number of carbonyl (C=O) groups excluding carboxylic acids is 1. The highest BCUT2D eigenvalue weighted by molar-refractivity contribution is 8.04. The third-order valence-corrected chi connectivity index (χ3v) is 4.79. The zero-order chi connectivity index (χ0) is 18.9. The van der Waals surface area contributed by atoms with E-state index >= 15 is 0 Å². The van der Waals surface area contributed by atoms with Crippen LogP contribution in [0.5, 0.6) is 0 Å².